The van der Waals surface area contributed by atoms with Crippen molar-refractivity contribution in [2.45, 2.75) is 0 Å². The van der Waals surface area contributed by atoms with Crippen LogP contribution in [0.5, 0.6) is 0 Å². The number of nitrogens with zero attached hydrogens (tertiary/aromatic N) is 3. The highest BCUT2D eigenvalue weighted by Gasteiger charge is 1.97. The highest BCUT2D eigenvalue weighted by molar-refractivity contribution is 5.89. The van der Waals surface area contributed by atoms with Crippen LogP contribution >= 0.6 is 0 Å². The molecule has 86 valence electrons. The molecule has 0 saturated carbocycles. The lowest BCUT2D eigenvalue weighted by Gasteiger charge is -2.00. The molecule has 0 saturated heterocycles. The van der Waals surface area contributed by atoms with Crippen molar-refractivity contribution in [3.05, 3.63) is 66.4 Å². The Morgan fingerprint density at radius 1 is 0.833 bits per heavy atom. The Hall–Kier alpha value is -2.55. The summed E-state index contributed by atoms with van der Waals surface area (Å²) < 4.78 is 0. The maximum absolute atomic E-state index is 4.33. The molecule has 0 unspecified atom stereocenters. The van der Waals surface area contributed by atoms with Gasteiger partial charge in [0, 0.05) is 24.0 Å². The second-order valence-corrected chi connectivity index (χ2v) is 3.88. The van der Waals surface area contributed by atoms with E-state index < -0.39 is 0 Å². The third-order valence-corrected chi connectivity index (χ3v) is 2.70. The van der Waals surface area contributed by atoms with Crippen LogP contribution in [0, 0.1) is 0 Å². The minimum atomic E-state index is 0.846. The summed E-state index contributed by atoms with van der Waals surface area (Å²) in [5.41, 5.74) is 2.98. The number of aromatic nitrogens is 3. The second-order valence-electron chi connectivity index (χ2n) is 3.88. The molecule has 0 aliphatic carbocycles. The number of benzene rings is 1. The Morgan fingerprint density at radius 2 is 1.78 bits per heavy atom. The van der Waals surface area contributed by atoms with E-state index in [4.69, 9.17) is 0 Å². The zero-order chi connectivity index (χ0) is 12.2. The van der Waals surface area contributed by atoms with Crippen molar-refractivity contribution in [2.24, 2.45) is 0 Å². The van der Waals surface area contributed by atoms with Gasteiger partial charge in [-0.2, -0.15) is 0 Å². The van der Waals surface area contributed by atoms with Crippen LogP contribution in [0.2, 0.25) is 0 Å². The first kappa shape index (κ1) is 10.6. The molecule has 0 amide bonds. The normalized spacial score (nSPS) is 11.1. The fraction of sp³-hybridized carbons (Fsp3) is 0. The van der Waals surface area contributed by atoms with Crippen molar-refractivity contribution >= 4 is 23.1 Å². The zero-order valence-corrected chi connectivity index (χ0v) is 9.69. The van der Waals surface area contributed by atoms with Crippen LogP contribution in [0.15, 0.2) is 55.1 Å². The van der Waals surface area contributed by atoms with Crippen molar-refractivity contribution in [2.75, 3.05) is 0 Å². The smallest absolute Gasteiger partial charge is 0.0813 e. The minimum absolute atomic E-state index is 0.846. The Balaban J connectivity index is 2.03. The monoisotopic (exact) mass is 233 g/mol. The van der Waals surface area contributed by atoms with E-state index >= 15 is 0 Å². The third-order valence-electron chi connectivity index (χ3n) is 2.70. The zero-order valence-electron chi connectivity index (χ0n) is 9.69. The lowest BCUT2D eigenvalue weighted by Crippen LogP contribution is -1.83. The molecule has 3 aromatic rings. The lowest BCUT2D eigenvalue weighted by molar-refractivity contribution is 1.18. The summed E-state index contributed by atoms with van der Waals surface area (Å²) in [5, 5.41) is 1.14. The molecular weight excluding hydrogens is 222 g/mol. The van der Waals surface area contributed by atoms with Crippen LogP contribution in [0.3, 0.4) is 0 Å². The molecule has 3 nitrogen and oxygen atoms in total. The fourth-order valence-corrected chi connectivity index (χ4v) is 1.84. The van der Waals surface area contributed by atoms with Gasteiger partial charge in [-0.05, 0) is 23.8 Å². The molecule has 3 rings (SSSR count). The number of fused-ring (bicyclic) bond motifs is 1. The van der Waals surface area contributed by atoms with Crippen LogP contribution in [-0.2, 0) is 0 Å². The molecule has 18 heavy (non-hydrogen) atoms. The van der Waals surface area contributed by atoms with E-state index in [-0.39, 0.29) is 0 Å². The molecule has 0 radical (unpaired) electrons. The average Bonchev–Trinajstić information content (AvgIpc) is 2.46. The number of hydrogen-bond donors (Lipinski definition) is 0. The first-order valence-corrected chi connectivity index (χ1v) is 5.71. The largest absolute Gasteiger partial charge is 0.261 e. The van der Waals surface area contributed by atoms with Crippen LogP contribution in [0.4, 0.5) is 0 Å². The van der Waals surface area contributed by atoms with Crippen molar-refractivity contribution in [3.63, 3.8) is 0 Å². The summed E-state index contributed by atoms with van der Waals surface area (Å²) in [5.74, 6) is 0. The van der Waals surface area contributed by atoms with Crippen molar-refractivity contribution in [3.8, 4) is 0 Å². The molecule has 0 atom stereocenters. The highest BCUT2D eigenvalue weighted by atomic mass is 14.8. The lowest BCUT2D eigenvalue weighted by atomic mass is 10.1. The van der Waals surface area contributed by atoms with Gasteiger partial charge in [-0.15, -0.1) is 0 Å². The average molecular weight is 233 g/mol. The van der Waals surface area contributed by atoms with Crippen molar-refractivity contribution < 1.29 is 0 Å². The molecule has 0 spiro atoms. The standard InChI is InChI=1S/C15H11N3/c1-2-4-15-14(3-1)12(7-8-18-15)5-6-13-11-16-9-10-17-13/h1-11H/b6-5+. The van der Waals surface area contributed by atoms with Crippen LogP contribution in [-0.4, -0.2) is 15.0 Å². The summed E-state index contributed by atoms with van der Waals surface area (Å²) in [6.45, 7) is 0. The summed E-state index contributed by atoms with van der Waals surface area (Å²) in [7, 11) is 0. The van der Waals surface area contributed by atoms with E-state index in [1.165, 1.54) is 0 Å². The molecule has 0 aliphatic heterocycles. The Morgan fingerprint density at radius 3 is 2.67 bits per heavy atom. The van der Waals surface area contributed by atoms with Gasteiger partial charge in [0.05, 0.1) is 17.4 Å². The number of hydrogen-bond acceptors (Lipinski definition) is 3. The number of pyridine rings is 1. The van der Waals surface area contributed by atoms with E-state index in [1.54, 1.807) is 18.6 Å². The van der Waals surface area contributed by atoms with Crippen LogP contribution in [0.25, 0.3) is 23.1 Å². The van der Waals surface area contributed by atoms with Gasteiger partial charge in [0.25, 0.3) is 0 Å². The second kappa shape index (κ2) is 4.75. The minimum Gasteiger partial charge on any atom is -0.261 e. The molecule has 0 fully saturated rings. The first-order valence-electron chi connectivity index (χ1n) is 5.71. The molecule has 3 heteroatoms. The van der Waals surface area contributed by atoms with Gasteiger partial charge in [0.15, 0.2) is 0 Å². The summed E-state index contributed by atoms with van der Waals surface area (Å²) in [4.78, 5) is 12.6. The Kier molecular flexibility index (Phi) is 2.80. The van der Waals surface area contributed by atoms with E-state index in [2.05, 4.69) is 21.0 Å². The molecule has 1 aromatic carbocycles. The molecule has 0 bridgehead atoms. The Labute approximate surface area is 105 Å². The highest BCUT2D eigenvalue weighted by Crippen LogP contribution is 2.18. The van der Waals surface area contributed by atoms with Gasteiger partial charge in [0.1, 0.15) is 0 Å². The van der Waals surface area contributed by atoms with Gasteiger partial charge in [0.2, 0.25) is 0 Å². The Bertz CT molecular complexity index is 685. The van der Waals surface area contributed by atoms with E-state index in [9.17, 15) is 0 Å². The van der Waals surface area contributed by atoms with Gasteiger partial charge >= 0.3 is 0 Å². The number of para-hydroxylation sites is 1. The predicted molar refractivity (Wildman–Crippen MR) is 72.7 cm³/mol. The maximum atomic E-state index is 4.33. The molecule has 0 N–H and O–H groups in total. The van der Waals surface area contributed by atoms with Crippen LogP contribution in [0.1, 0.15) is 11.3 Å². The van der Waals surface area contributed by atoms with Crippen molar-refractivity contribution in [1.82, 2.24) is 15.0 Å². The molecule has 0 aliphatic rings. The number of rotatable bonds is 2. The van der Waals surface area contributed by atoms with Gasteiger partial charge in [-0.1, -0.05) is 24.3 Å². The quantitative estimate of drug-likeness (QED) is 0.682. The van der Waals surface area contributed by atoms with E-state index in [0.29, 0.717) is 0 Å². The SMILES string of the molecule is C(=C\c1ccnc2ccccc12)/c1cnccn1. The van der Waals surface area contributed by atoms with Gasteiger partial charge in [-0.3, -0.25) is 15.0 Å². The topological polar surface area (TPSA) is 38.7 Å². The molecular formula is C15H11N3. The van der Waals surface area contributed by atoms with Gasteiger partial charge in [-0.25, -0.2) is 0 Å². The first-order chi connectivity index (χ1) is 8.93. The molecule has 2 heterocycles. The van der Waals surface area contributed by atoms with Crippen LogP contribution < -0.4 is 0 Å². The third kappa shape index (κ3) is 2.11. The predicted octanol–water partition coefficient (Wildman–Crippen LogP) is 3.20. The summed E-state index contributed by atoms with van der Waals surface area (Å²) >= 11 is 0. The van der Waals surface area contributed by atoms with E-state index in [0.717, 1.165) is 22.2 Å². The van der Waals surface area contributed by atoms with E-state index in [1.807, 2.05) is 42.6 Å². The summed E-state index contributed by atoms with van der Waals surface area (Å²) in [6.07, 6.45) is 10.9. The summed E-state index contributed by atoms with van der Waals surface area (Å²) in [6, 6.07) is 10.1. The van der Waals surface area contributed by atoms with Crippen molar-refractivity contribution in [1.29, 1.82) is 0 Å². The fourth-order valence-electron chi connectivity index (χ4n) is 1.84. The molecule has 2 aromatic heterocycles. The van der Waals surface area contributed by atoms with Gasteiger partial charge < -0.3 is 0 Å². The maximum Gasteiger partial charge on any atom is 0.0813 e.